The summed E-state index contributed by atoms with van der Waals surface area (Å²) in [4.78, 5) is 14.4. The Bertz CT molecular complexity index is 800. The van der Waals surface area contributed by atoms with Crippen molar-refractivity contribution in [1.29, 1.82) is 0 Å². The molecule has 0 unspecified atom stereocenters. The zero-order valence-electron chi connectivity index (χ0n) is 15.6. The summed E-state index contributed by atoms with van der Waals surface area (Å²) in [6.07, 6.45) is 0. The van der Waals surface area contributed by atoms with Crippen molar-refractivity contribution in [2.24, 2.45) is 0 Å². The number of nitrogens with zero attached hydrogens (tertiary/aromatic N) is 1. The van der Waals surface area contributed by atoms with Gasteiger partial charge in [0.2, 0.25) is 5.91 Å². The van der Waals surface area contributed by atoms with E-state index in [-0.39, 0.29) is 17.5 Å². The van der Waals surface area contributed by atoms with Crippen LogP contribution in [0.1, 0.15) is 16.7 Å². The van der Waals surface area contributed by atoms with Crippen LogP contribution in [0.15, 0.2) is 42.5 Å². The summed E-state index contributed by atoms with van der Waals surface area (Å²) in [6, 6.07) is 12.9. The van der Waals surface area contributed by atoms with E-state index in [4.69, 9.17) is 16.3 Å². The average molecular weight is 423 g/mol. The highest BCUT2D eigenvalue weighted by atomic mass is 35.5. The number of amides is 1. The quantitative estimate of drug-likeness (QED) is 0.701. The van der Waals surface area contributed by atoms with Crippen molar-refractivity contribution in [1.82, 2.24) is 10.2 Å². The topological polar surface area (TPSA) is 41.6 Å². The van der Waals surface area contributed by atoms with Gasteiger partial charge in [-0.25, -0.2) is 4.39 Å². The highest BCUT2D eigenvalue weighted by Gasteiger charge is 2.11. The van der Waals surface area contributed by atoms with Crippen molar-refractivity contribution in [2.45, 2.75) is 18.8 Å². The minimum absolute atomic E-state index is 0.0574. The van der Waals surface area contributed by atoms with Crippen LogP contribution in [-0.4, -0.2) is 42.9 Å². The zero-order chi connectivity index (χ0) is 19.8. The Labute approximate surface area is 174 Å². The highest BCUT2D eigenvalue weighted by Crippen LogP contribution is 2.19. The highest BCUT2D eigenvalue weighted by molar-refractivity contribution is 7.99. The van der Waals surface area contributed by atoms with E-state index in [1.54, 1.807) is 12.1 Å². The van der Waals surface area contributed by atoms with Crippen LogP contribution in [0.4, 0.5) is 4.39 Å². The SMILES string of the molecule is O=C(CSCc1ccc(Cl)cc1F)NCc1cccc(CN2CCOCC2)c1. The summed E-state index contributed by atoms with van der Waals surface area (Å²) < 4.78 is 19.1. The van der Waals surface area contributed by atoms with Crippen molar-refractivity contribution in [3.63, 3.8) is 0 Å². The molecule has 7 heteroatoms. The molecule has 0 spiro atoms. The smallest absolute Gasteiger partial charge is 0.230 e. The third-order valence-corrected chi connectivity index (χ3v) is 5.71. The van der Waals surface area contributed by atoms with Gasteiger partial charge in [0.15, 0.2) is 0 Å². The van der Waals surface area contributed by atoms with Crippen molar-refractivity contribution < 1.29 is 13.9 Å². The molecule has 0 aliphatic carbocycles. The van der Waals surface area contributed by atoms with Gasteiger partial charge < -0.3 is 10.1 Å². The van der Waals surface area contributed by atoms with Gasteiger partial charge in [-0.1, -0.05) is 41.9 Å². The molecule has 2 aromatic rings. The molecule has 150 valence electrons. The van der Waals surface area contributed by atoms with E-state index >= 15 is 0 Å². The summed E-state index contributed by atoms with van der Waals surface area (Å²) in [5.74, 6) is 0.330. The van der Waals surface area contributed by atoms with Gasteiger partial charge in [0.25, 0.3) is 0 Å². The molecule has 1 aliphatic rings. The third kappa shape index (κ3) is 6.78. The number of halogens is 2. The predicted octanol–water partition coefficient (Wildman–Crippen LogP) is 3.86. The molecule has 1 amide bonds. The second-order valence-corrected chi connectivity index (χ2v) is 8.14. The van der Waals surface area contributed by atoms with Crippen molar-refractivity contribution in [2.75, 3.05) is 32.1 Å². The standard InChI is InChI=1S/C21H24ClFN2O2S/c22-19-5-4-18(20(23)11-19)14-28-15-21(26)24-12-16-2-1-3-17(10-16)13-25-6-8-27-9-7-25/h1-5,10-11H,6-9,12-15H2,(H,24,26). The summed E-state index contributed by atoms with van der Waals surface area (Å²) in [6.45, 7) is 4.86. The van der Waals surface area contributed by atoms with Crippen LogP contribution in [0.2, 0.25) is 5.02 Å². The van der Waals surface area contributed by atoms with E-state index in [0.717, 1.165) is 38.4 Å². The monoisotopic (exact) mass is 422 g/mol. The normalized spacial score (nSPS) is 14.8. The summed E-state index contributed by atoms with van der Waals surface area (Å²) in [5.41, 5.74) is 2.87. The molecule has 1 heterocycles. The molecule has 0 radical (unpaired) electrons. The zero-order valence-corrected chi connectivity index (χ0v) is 17.2. The number of morpholine rings is 1. The molecule has 2 aromatic carbocycles. The molecule has 1 saturated heterocycles. The number of rotatable bonds is 8. The predicted molar refractivity (Wildman–Crippen MR) is 112 cm³/mol. The van der Waals surface area contributed by atoms with Crippen LogP contribution >= 0.6 is 23.4 Å². The fourth-order valence-electron chi connectivity index (χ4n) is 3.00. The Morgan fingerprint density at radius 1 is 1.18 bits per heavy atom. The van der Waals surface area contributed by atoms with Crippen LogP contribution in [0, 0.1) is 5.82 Å². The van der Waals surface area contributed by atoms with Crippen molar-refractivity contribution in [3.8, 4) is 0 Å². The van der Waals surface area contributed by atoms with Gasteiger partial charge in [0.1, 0.15) is 5.82 Å². The van der Waals surface area contributed by atoms with E-state index < -0.39 is 0 Å². The molecular weight excluding hydrogens is 399 g/mol. The molecule has 1 fully saturated rings. The summed E-state index contributed by atoms with van der Waals surface area (Å²) >= 11 is 7.13. The Kier molecular flexibility index (Phi) is 8.15. The van der Waals surface area contributed by atoms with E-state index in [9.17, 15) is 9.18 Å². The van der Waals surface area contributed by atoms with Crippen LogP contribution in [0.25, 0.3) is 0 Å². The lowest BCUT2D eigenvalue weighted by Gasteiger charge is -2.26. The second-order valence-electron chi connectivity index (χ2n) is 6.71. The number of carbonyl (C=O) groups is 1. The molecule has 0 bridgehead atoms. The van der Waals surface area contributed by atoms with Gasteiger partial charge in [-0.2, -0.15) is 0 Å². The van der Waals surface area contributed by atoms with E-state index in [2.05, 4.69) is 22.3 Å². The number of nitrogens with one attached hydrogen (secondary N) is 1. The summed E-state index contributed by atoms with van der Waals surface area (Å²) in [5, 5.41) is 3.31. The lowest BCUT2D eigenvalue weighted by molar-refractivity contribution is -0.118. The molecule has 4 nitrogen and oxygen atoms in total. The molecule has 3 rings (SSSR count). The number of hydrogen-bond donors (Lipinski definition) is 1. The Morgan fingerprint density at radius 3 is 2.75 bits per heavy atom. The lowest BCUT2D eigenvalue weighted by atomic mass is 10.1. The average Bonchev–Trinajstić information content (AvgIpc) is 2.69. The largest absolute Gasteiger partial charge is 0.379 e. The molecular formula is C21H24ClFN2O2S. The molecule has 28 heavy (non-hydrogen) atoms. The number of hydrogen-bond acceptors (Lipinski definition) is 4. The Hall–Kier alpha value is -1.60. The first-order chi connectivity index (χ1) is 13.6. The summed E-state index contributed by atoms with van der Waals surface area (Å²) in [7, 11) is 0. The van der Waals surface area contributed by atoms with Gasteiger partial charge in [0, 0.05) is 37.0 Å². The minimum Gasteiger partial charge on any atom is -0.379 e. The van der Waals surface area contributed by atoms with Crippen LogP contribution in [0.5, 0.6) is 0 Å². The van der Waals surface area contributed by atoms with Crippen LogP contribution in [0.3, 0.4) is 0 Å². The Balaban J connectivity index is 1.40. The van der Waals surface area contributed by atoms with E-state index in [1.165, 1.54) is 23.4 Å². The number of thioether (sulfide) groups is 1. The first-order valence-electron chi connectivity index (χ1n) is 9.26. The molecule has 0 atom stereocenters. The molecule has 0 aromatic heterocycles. The minimum atomic E-state index is -0.336. The first-order valence-corrected chi connectivity index (χ1v) is 10.8. The second kappa shape index (κ2) is 10.8. The maximum Gasteiger partial charge on any atom is 0.230 e. The van der Waals surface area contributed by atoms with Crippen molar-refractivity contribution >= 4 is 29.3 Å². The number of benzene rings is 2. The van der Waals surface area contributed by atoms with Crippen LogP contribution < -0.4 is 5.32 Å². The molecule has 1 aliphatic heterocycles. The van der Waals surface area contributed by atoms with E-state index in [0.29, 0.717) is 22.9 Å². The number of ether oxygens (including phenoxy) is 1. The van der Waals surface area contributed by atoms with E-state index in [1.807, 2.05) is 12.1 Å². The van der Waals surface area contributed by atoms with Gasteiger partial charge in [-0.15, -0.1) is 11.8 Å². The van der Waals surface area contributed by atoms with Gasteiger partial charge in [-0.05, 0) is 28.8 Å². The lowest BCUT2D eigenvalue weighted by Crippen LogP contribution is -2.35. The Morgan fingerprint density at radius 2 is 1.96 bits per heavy atom. The first kappa shape index (κ1) is 21.1. The maximum absolute atomic E-state index is 13.7. The van der Waals surface area contributed by atoms with Crippen molar-refractivity contribution in [3.05, 3.63) is 70.0 Å². The van der Waals surface area contributed by atoms with Gasteiger partial charge in [0.05, 0.1) is 19.0 Å². The van der Waals surface area contributed by atoms with Gasteiger partial charge in [-0.3, -0.25) is 9.69 Å². The molecule has 1 N–H and O–H groups in total. The van der Waals surface area contributed by atoms with Crippen LogP contribution in [-0.2, 0) is 28.4 Å². The molecule has 0 saturated carbocycles. The fraction of sp³-hybridized carbons (Fsp3) is 0.381. The number of carbonyl (C=O) groups excluding carboxylic acids is 1. The third-order valence-electron chi connectivity index (χ3n) is 4.50. The van der Waals surface area contributed by atoms with Gasteiger partial charge >= 0.3 is 0 Å². The fourth-order valence-corrected chi connectivity index (χ4v) is 4.00. The maximum atomic E-state index is 13.7.